The molecule has 5 heteroatoms. The van der Waals surface area contributed by atoms with E-state index in [1.54, 1.807) is 7.11 Å². The number of nitrogens with zero attached hydrogens (tertiary/aromatic N) is 1. The number of carbonyl (C=O) groups is 1. The van der Waals surface area contributed by atoms with Crippen molar-refractivity contribution in [1.29, 1.82) is 0 Å². The van der Waals surface area contributed by atoms with Crippen LogP contribution in [-0.4, -0.2) is 36.9 Å². The van der Waals surface area contributed by atoms with Gasteiger partial charge in [-0.15, -0.1) is 0 Å². The highest BCUT2D eigenvalue weighted by molar-refractivity contribution is 5.68. The first-order chi connectivity index (χ1) is 12.4. The van der Waals surface area contributed by atoms with Crippen molar-refractivity contribution in [3.05, 3.63) is 24.3 Å². The highest BCUT2D eigenvalue weighted by atomic mass is 16.6. The van der Waals surface area contributed by atoms with Gasteiger partial charge >= 0.3 is 6.09 Å². The lowest BCUT2D eigenvalue weighted by Crippen LogP contribution is -2.46. The Labute approximate surface area is 157 Å². The Morgan fingerprint density at radius 1 is 1.00 bits per heavy atom. The molecule has 0 spiro atoms. The number of ether oxygens (including phenoxy) is 2. The standard InChI is InChI=1S/C21H32N2O3/c1-21(2,3)26-20(24)22-15-5-7-16(8-6-15)23(17-9-10-17)18-11-13-19(25-4)14-12-18/h11-17H,5-10H2,1-4H3,(H,22,24)/t15-,16-. The van der Waals surface area contributed by atoms with Crippen molar-refractivity contribution in [3.8, 4) is 5.75 Å². The van der Waals surface area contributed by atoms with Gasteiger partial charge in [0.05, 0.1) is 7.11 Å². The number of benzene rings is 1. The third-order valence-electron chi connectivity index (χ3n) is 5.12. The molecule has 2 fully saturated rings. The van der Waals surface area contributed by atoms with E-state index in [0.717, 1.165) is 31.4 Å². The average molecular weight is 360 g/mol. The van der Waals surface area contributed by atoms with Crippen LogP contribution in [0, 0.1) is 0 Å². The molecule has 2 saturated carbocycles. The number of nitrogens with one attached hydrogen (secondary N) is 1. The van der Waals surface area contributed by atoms with E-state index in [-0.39, 0.29) is 12.1 Å². The number of hydrogen-bond donors (Lipinski definition) is 1. The molecule has 0 unspecified atom stereocenters. The van der Waals surface area contributed by atoms with Gasteiger partial charge in [-0.2, -0.15) is 0 Å². The smallest absolute Gasteiger partial charge is 0.407 e. The van der Waals surface area contributed by atoms with Gasteiger partial charge in [0.25, 0.3) is 0 Å². The SMILES string of the molecule is COc1ccc(N(C2CC2)[C@H]2CC[C@H](NC(=O)OC(C)(C)C)CC2)cc1. The van der Waals surface area contributed by atoms with Gasteiger partial charge in [0.15, 0.2) is 0 Å². The Hall–Kier alpha value is -1.91. The van der Waals surface area contributed by atoms with Crippen molar-refractivity contribution in [3.63, 3.8) is 0 Å². The minimum Gasteiger partial charge on any atom is -0.497 e. The maximum atomic E-state index is 12.0. The molecule has 1 aromatic carbocycles. The largest absolute Gasteiger partial charge is 0.497 e. The fraction of sp³-hybridized carbons (Fsp3) is 0.667. The van der Waals surface area contributed by atoms with Crippen molar-refractivity contribution < 1.29 is 14.3 Å². The van der Waals surface area contributed by atoms with Crippen LogP contribution in [-0.2, 0) is 4.74 Å². The molecule has 144 valence electrons. The number of methoxy groups -OCH3 is 1. The van der Waals surface area contributed by atoms with E-state index in [9.17, 15) is 4.79 Å². The van der Waals surface area contributed by atoms with E-state index in [4.69, 9.17) is 9.47 Å². The normalized spacial score (nSPS) is 23.2. The van der Waals surface area contributed by atoms with E-state index in [1.165, 1.54) is 18.5 Å². The maximum Gasteiger partial charge on any atom is 0.407 e. The highest BCUT2D eigenvalue weighted by Crippen LogP contribution is 2.38. The van der Waals surface area contributed by atoms with Crippen LogP contribution in [0.25, 0.3) is 0 Å². The Balaban J connectivity index is 1.56. The molecule has 0 aromatic heterocycles. The Bertz CT molecular complexity index is 597. The number of carbonyl (C=O) groups excluding carboxylic acids is 1. The van der Waals surface area contributed by atoms with E-state index < -0.39 is 5.60 Å². The Kier molecular flexibility index (Phi) is 5.64. The van der Waals surface area contributed by atoms with Gasteiger partial charge in [0.2, 0.25) is 0 Å². The van der Waals surface area contributed by atoms with Crippen LogP contribution in [0.5, 0.6) is 5.75 Å². The summed E-state index contributed by atoms with van der Waals surface area (Å²) in [5.74, 6) is 0.898. The van der Waals surface area contributed by atoms with Gasteiger partial charge in [-0.1, -0.05) is 0 Å². The summed E-state index contributed by atoms with van der Waals surface area (Å²) in [6, 6.07) is 9.86. The molecule has 3 rings (SSSR count). The average Bonchev–Trinajstić information content (AvgIpc) is 3.40. The first-order valence-electron chi connectivity index (χ1n) is 9.77. The van der Waals surface area contributed by atoms with Gasteiger partial charge in [-0.05, 0) is 83.6 Å². The van der Waals surface area contributed by atoms with E-state index in [0.29, 0.717) is 12.1 Å². The topological polar surface area (TPSA) is 50.8 Å². The minimum absolute atomic E-state index is 0.220. The fourth-order valence-electron chi connectivity index (χ4n) is 3.80. The van der Waals surface area contributed by atoms with Gasteiger partial charge in [0.1, 0.15) is 11.4 Å². The minimum atomic E-state index is -0.446. The number of anilines is 1. The van der Waals surface area contributed by atoms with Crippen molar-refractivity contribution in [1.82, 2.24) is 5.32 Å². The quantitative estimate of drug-likeness (QED) is 0.840. The highest BCUT2D eigenvalue weighted by Gasteiger charge is 2.36. The molecule has 1 amide bonds. The second-order valence-electron chi connectivity index (χ2n) is 8.49. The second kappa shape index (κ2) is 7.77. The third-order valence-corrected chi connectivity index (χ3v) is 5.12. The van der Waals surface area contributed by atoms with E-state index in [2.05, 4.69) is 22.3 Å². The second-order valence-corrected chi connectivity index (χ2v) is 8.49. The number of alkyl carbamates (subject to hydrolysis) is 1. The van der Waals surface area contributed by atoms with Gasteiger partial charge in [-0.3, -0.25) is 0 Å². The lowest BCUT2D eigenvalue weighted by Gasteiger charge is -2.39. The van der Waals surface area contributed by atoms with Crippen LogP contribution < -0.4 is 15.0 Å². The molecular formula is C21H32N2O3. The van der Waals surface area contributed by atoms with Crippen molar-refractivity contribution >= 4 is 11.8 Å². The molecule has 1 N–H and O–H groups in total. The molecule has 5 nitrogen and oxygen atoms in total. The Morgan fingerprint density at radius 3 is 2.00 bits per heavy atom. The molecule has 0 heterocycles. The third kappa shape index (κ3) is 5.05. The van der Waals surface area contributed by atoms with Crippen LogP contribution in [0.1, 0.15) is 59.3 Å². The molecule has 0 radical (unpaired) electrons. The predicted molar refractivity (Wildman–Crippen MR) is 104 cm³/mol. The van der Waals surface area contributed by atoms with Crippen LogP contribution in [0.2, 0.25) is 0 Å². The zero-order chi connectivity index (χ0) is 18.7. The van der Waals surface area contributed by atoms with Crippen molar-refractivity contribution in [2.75, 3.05) is 12.0 Å². The number of hydrogen-bond acceptors (Lipinski definition) is 4. The van der Waals surface area contributed by atoms with Gasteiger partial charge in [-0.25, -0.2) is 4.79 Å². The zero-order valence-corrected chi connectivity index (χ0v) is 16.5. The first-order valence-corrected chi connectivity index (χ1v) is 9.77. The van der Waals surface area contributed by atoms with Crippen LogP contribution >= 0.6 is 0 Å². The van der Waals surface area contributed by atoms with E-state index >= 15 is 0 Å². The fourth-order valence-corrected chi connectivity index (χ4v) is 3.80. The molecule has 1 aromatic rings. The summed E-state index contributed by atoms with van der Waals surface area (Å²) < 4.78 is 10.7. The lowest BCUT2D eigenvalue weighted by molar-refractivity contribution is 0.0491. The van der Waals surface area contributed by atoms with Crippen LogP contribution in [0.3, 0.4) is 0 Å². The van der Waals surface area contributed by atoms with Gasteiger partial charge in [0, 0.05) is 23.8 Å². The zero-order valence-electron chi connectivity index (χ0n) is 16.5. The predicted octanol–water partition coefficient (Wildman–Crippen LogP) is 4.50. The van der Waals surface area contributed by atoms with E-state index in [1.807, 2.05) is 32.9 Å². The summed E-state index contributed by atoms with van der Waals surface area (Å²) in [4.78, 5) is 14.6. The number of amides is 1. The maximum absolute atomic E-state index is 12.0. The van der Waals surface area contributed by atoms with Crippen molar-refractivity contribution in [2.24, 2.45) is 0 Å². The molecular weight excluding hydrogens is 328 g/mol. The molecule has 2 aliphatic carbocycles. The summed E-state index contributed by atoms with van der Waals surface area (Å²) in [6.45, 7) is 5.68. The molecule has 2 aliphatic rings. The molecule has 0 atom stereocenters. The summed E-state index contributed by atoms with van der Waals surface area (Å²) in [7, 11) is 1.70. The first kappa shape index (κ1) is 18.9. The number of rotatable bonds is 5. The summed E-state index contributed by atoms with van der Waals surface area (Å²) in [5.41, 5.74) is 0.843. The summed E-state index contributed by atoms with van der Waals surface area (Å²) in [6.07, 6.45) is 6.47. The monoisotopic (exact) mass is 360 g/mol. The van der Waals surface area contributed by atoms with Crippen LogP contribution in [0.4, 0.5) is 10.5 Å². The molecule has 0 saturated heterocycles. The summed E-state index contributed by atoms with van der Waals surface area (Å²) >= 11 is 0. The van der Waals surface area contributed by atoms with Crippen molar-refractivity contribution in [2.45, 2.75) is 83.0 Å². The van der Waals surface area contributed by atoms with Crippen LogP contribution in [0.15, 0.2) is 24.3 Å². The Morgan fingerprint density at radius 2 is 1.54 bits per heavy atom. The molecule has 0 bridgehead atoms. The molecule has 26 heavy (non-hydrogen) atoms. The van der Waals surface area contributed by atoms with Gasteiger partial charge < -0.3 is 19.7 Å². The summed E-state index contributed by atoms with van der Waals surface area (Å²) in [5, 5.41) is 3.04. The molecule has 0 aliphatic heterocycles. The lowest BCUT2D eigenvalue weighted by atomic mass is 9.89.